The molecule has 4 aromatic rings. The van der Waals surface area contributed by atoms with Gasteiger partial charge in [-0.2, -0.15) is 0 Å². The number of hydrogen-bond acceptors (Lipinski definition) is 6. The van der Waals surface area contributed by atoms with Gasteiger partial charge < -0.3 is 5.32 Å². The number of anilines is 1. The molecule has 0 bridgehead atoms. The number of nitrogens with zero attached hydrogens (tertiary/aromatic N) is 5. The average molecular weight is 467 g/mol. The Morgan fingerprint density at radius 1 is 1.03 bits per heavy atom. The van der Waals surface area contributed by atoms with E-state index in [9.17, 15) is 12.8 Å². The van der Waals surface area contributed by atoms with Crippen molar-refractivity contribution in [1.82, 2.24) is 23.7 Å². The van der Waals surface area contributed by atoms with E-state index in [4.69, 9.17) is 0 Å². The van der Waals surface area contributed by atoms with E-state index in [1.807, 2.05) is 48.7 Å². The summed E-state index contributed by atoms with van der Waals surface area (Å²) in [4.78, 5) is 13.0. The zero-order valence-electron chi connectivity index (χ0n) is 18.0. The van der Waals surface area contributed by atoms with Crippen molar-refractivity contribution in [2.45, 2.75) is 18.9 Å². The summed E-state index contributed by atoms with van der Waals surface area (Å²) >= 11 is 0. The zero-order valence-corrected chi connectivity index (χ0v) is 18.8. The lowest BCUT2D eigenvalue weighted by molar-refractivity contribution is 0.331. The first-order valence-electron chi connectivity index (χ1n) is 10.7. The second kappa shape index (κ2) is 8.53. The van der Waals surface area contributed by atoms with E-state index in [0.29, 0.717) is 43.2 Å². The van der Waals surface area contributed by atoms with Crippen LogP contribution in [0, 0.1) is 5.82 Å². The maximum absolute atomic E-state index is 14.7. The first-order chi connectivity index (χ1) is 15.9. The van der Waals surface area contributed by atoms with Gasteiger partial charge in [-0.05, 0) is 36.1 Å². The molecule has 0 saturated carbocycles. The number of nitrogens with one attached hydrogen (secondary N) is 1. The SMILES string of the molecule is CS(=O)(=O)N1CCC(Nc2ncc(F)c(-c3cnc4cc(-c5ccccc5)ccn34)n2)CC1. The number of aromatic nitrogens is 4. The number of hydrogen-bond donors (Lipinski definition) is 1. The van der Waals surface area contributed by atoms with Crippen molar-refractivity contribution >= 4 is 21.6 Å². The normalized spacial score (nSPS) is 15.7. The predicted molar refractivity (Wildman–Crippen MR) is 125 cm³/mol. The van der Waals surface area contributed by atoms with Gasteiger partial charge in [-0.25, -0.2) is 32.1 Å². The molecule has 0 amide bonds. The van der Waals surface area contributed by atoms with Gasteiger partial charge >= 0.3 is 0 Å². The van der Waals surface area contributed by atoms with Gasteiger partial charge in [0.1, 0.15) is 11.3 Å². The molecule has 0 atom stereocenters. The molecule has 1 N–H and O–H groups in total. The van der Waals surface area contributed by atoms with Crippen LogP contribution >= 0.6 is 0 Å². The van der Waals surface area contributed by atoms with E-state index in [0.717, 1.165) is 17.3 Å². The van der Waals surface area contributed by atoms with E-state index in [2.05, 4.69) is 20.3 Å². The Morgan fingerprint density at radius 2 is 1.79 bits per heavy atom. The minimum atomic E-state index is -3.19. The highest BCUT2D eigenvalue weighted by atomic mass is 32.2. The number of fused-ring (bicyclic) bond motifs is 1. The van der Waals surface area contributed by atoms with Gasteiger partial charge in [0.25, 0.3) is 0 Å². The summed E-state index contributed by atoms with van der Waals surface area (Å²) in [6.07, 6.45) is 7.07. The quantitative estimate of drug-likeness (QED) is 0.485. The fraction of sp³-hybridized carbons (Fsp3) is 0.261. The van der Waals surface area contributed by atoms with Gasteiger partial charge in [0, 0.05) is 25.3 Å². The Morgan fingerprint density at radius 3 is 2.52 bits per heavy atom. The van der Waals surface area contributed by atoms with Crippen molar-refractivity contribution in [1.29, 1.82) is 0 Å². The van der Waals surface area contributed by atoms with Crippen LogP contribution in [0.2, 0.25) is 0 Å². The summed E-state index contributed by atoms with van der Waals surface area (Å²) < 4.78 is 41.4. The number of benzene rings is 1. The Bertz CT molecular complexity index is 1400. The summed E-state index contributed by atoms with van der Waals surface area (Å²) in [6.45, 7) is 0.864. The molecule has 8 nitrogen and oxygen atoms in total. The van der Waals surface area contributed by atoms with Crippen LogP contribution in [0.15, 0.2) is 61.1 Å². The molecular weight excluding hydrogens is 443 g/mol. The van der Waals surface area contributed by atoms with Crippen LogP contribution in [0.3, 0.4) is 0 Å². The van der Waals surface area contributed by atoms with Crippen LogP contribution in [-0.4, -0.2) is 57.5 Å². The number of halogens is 1. The Labute approximate surface area is 191 Å². The van der Waals surface area contributed by atoms with Crippen molar-refractivity contribution < 1.29 is 12.8 Å². The van der Waals surface area contributed by atoms with Crippen molar-refractivity contribution in [3.63, 3.8) is 0 Å². The first-order valence-corrected chi connectivity index (χ1v) is 12.5. The lowest BCUT2D eigenvalue weighted by Crippen LogP contribution is -2.42. The third kappa shape index (κ3) is 4.44. The molecule has 3 aromatic heterocycles. The minimum absolute atomic E-state index is 0.0110. The Balaban J connectivity index is 1.39. The van der Waals surface area contributed by atoms with Crippen LogP contribution in [0.4, 0.5) is 10.3 Å². The highest BCUT2D eigenvalue weighted by molar-refractivity contribution is 7.88. The molecule has 5 rings (SSSR count). The van der Waals surface area contributed by atoms with Crippen molar-refractivity contribution in [2.75, 3.05) is 24.7 Å². The molecule has 0 radical (unpaired) electrons. The van der Waals surface area contributed by atoms with Crippen molar-refractivity contribution in [3.05, 3.63) is 66.9 Å². The molecule has 10 heteroatoms. The van der Waals surface area contributed by atoms with Crippen LogP contribution in [0.5, 0.6) is 0 Å². The van der Waals surface area contributed by atoms with Gasteiger partial charge in [0.2, 0.25) is 16.0 Å². The highest BCUT2D eigenvalue weighted by Crippen LogP contribution is 2.26. The second-order valence-electron chi connectivity index (χ2n) is 8.12. The lowest BCUT2D eigenvalue weighted by atomic mass is 10.1. The molecule has 4 heterocycles. The molecule has 1 fully saturated rings. The molecule has 0 unspecified atom stereocenters. The van der Waals surface area contributed by atoms with Gasteiger partial charge in [0.15, 0.2) is 5.82 Å². The van der Waals surface area contributed by atoms with Crippen molar-refractivity contribution in [3.8, 4) is 22.5 Å². The van der Waals surface area contributed by atoms with E-state index >= 15 is 0 Å². The largest absolute Gasteiger partial charge is 0.351 e. The number of piperidine rings is 1. The van der Waals surface area contributed by atoms with E-state index in [-0.39, 0.29) is 11.7 Å². The van der Waals surface area contributed by atoms with Gasteiger partial charge in [-0.15, -0.1) is 0 Å². The maximum atomic E-state index is 14.7. The van der Waals surface area contributed by atoms with E-state index < -0.39 is 15.8 Å². The topological polar surface area (TPSA) is 92.5 Å². The number of pyridine rings is 1. The molecular formula is C23H23FN6O2S. The van der Waals surface area contributed by atoms with Gasteiger partial charge in [0.05, 0.1) is 24.3 Å². The predicted octanol–water partition coefficient (Wildman–Crippen LogP) is 3.43. The Hall–Kier alpha value is -3.37. The maximum Gasteiger partial charge on any atom is 0.223 e. The fourth-order valence-electron chi connectivity index (χ4n) is 4.10. The molecule has 170 valence electrons. The summed E-state index contributed by atoms with van der Waals surface area (Å²) in [7, 11) is -3.19. The summed E-state index contributed by atoms with van der Waals surface area (Å²) in [5, 5.41) is 3.22. The lowest BCUT2D eigenvalue weighted by Gasteiger charge is -2.30. The first kappa shape index (κ1) is 21.5. The fourth-order valence-corrected chi connectivity index (χ4v) is 4.97. The molecule has 1 aliphatic rings. The van der Waals surface area contributed by atoms with Crippen LogP contribution in [-0.2, 0) is 10.0 Å². The van der Waals surface area contributed by atoms with Crippen LogP contribution < -0.4 is 5.32 Å². The van der Waals surface area contributed by atoms with E-state index in [1.165, 1.54) is 10.6 Å². The third-order valence-corrected chi connectivity index (χ3v) is 7.17. The van der Waals surface area contributed by atoms with Crippen molar-refractivity contribution in [2.24, 2.45) is 0 Å². The molecule has 1 aliphatic heterocycles. The van der Waals surface area contributed by atoms with Gasteiger partial charge in [-0.1, -0.05) is 30.3 Å². The standard InChI is InChI=1S/C23H23FN6O2S/c1-33(31,32)29-10-8-18(9-11-29)27-23-26-14-19(24)22(28-23)20-15-25-21-13-17(7-12-30(20)21)16-5-3-2-4-6-16/h2-7,12-15,18H,8-11H2,1H3,(H,26,27,28). The molecule has 33 heavy (non-hydrogen) atoms. The average Bonchev–Trinajstić information content (AvgIpc) is 3.24. The minimum Gasteiger partial charge on any atom is -0.351 e. The highest BCUT2D eigenvalue weighted by Gasteiger charge is 2.25. The summed E-state index contributed by atoms with van der Waals surface area (Å²) in [5.41, 5.74) is 3.46. The third-order valence-electron chi connectivity index (χ3n) is 5.86. The van der Waals surface area contributed by atoms with Crippen LogP contribution in [0.25, 0.3) is 28.2 Å². The number of rotatable bonds is 5. The number of sulfonamides is 1. The Kier molecular flexibility index (Phi) is 5.55. The summed E-state index contributed by atoms with van der Waals surface area (Å²) in [5.74, 6) is -0.235. The molecule has 0 aliphatic carbocycles. The molecule has 0 spiro atoms. The smallest absolute Gasteiger partial charge is 0.223 e. The number of imidazole rings is 1. The molecule has 1 aromatic carbocycles. The van der Waals surface area contributed by atoms with Gasteiger partial charge in [-0.3, -0.25) is 4.40 Å². The zero-order chi connectivity index (χ0) is 23.0. The second-order valence-corrected chi connectivity index (χ2v) is 10.1. The van der Waals surface area contributed by atoms with E-state index in [1.54, 1.807) is 10.6 Å². The van der Waals surface area contributed by atoms with Crippen LogP contribution in [0.1, 0.15) is 12.8 Å². The monoisotopic (exact) mass is 466 g/mol. The summed E-state index contributed by atoms with van der Waals surface area (Å²) in [6, 6.07) is 13.9. The molecule has 1 saturated heterocycles.